The van der Waals surface area contributed by atoms with Gasteiger partial charge in [-0.2, -0.15) is 10.4 Å². The van der Waals surface area contributed by atoms with E-state index in [0.717, 1.165) is 11.1 Å². The van der Waals surface area contributed by atoms with Gasteiger partial charge in [-0.05, 0) is 37.3 Å². The number of esters is 1. The van der Waals surface area contributed by atoms with Gasteiger partial charge in [0.2, 0.25) is 0 Å². The molecule has 7 nitrogen and oxygen atoms in total. The van der Waals surface area contributed by atoms with Crippen molar-refractivity contribution >= 4 is 23.0 Å². The maximum absolute atomic E-state index is 12.7. The number of aromatic nitrogens is 2. The largest absolute Gasteiger partial charge is 0.462 e. The van der Waals surface area contributed by atoms with Crippen LogP contribution in [0.5, 0.6) is 0 Å². The number of carbonyl (C=O) groups is 1. The number of nitrogens with zero attached hydrogens (tertiary/aromatic N) is 3. The first-order valence-corrected chi connectivity index (χ1v) is 9.58. The second-order valence-electron chi connectivity index (χ2n) is 6.59. The van der Waals surface area contributed by atoms with Crippen LogP contribution in [0.2, 0.25) is 0 Å². The van der Waals surface area contributed by atoms with Crippen molar-refractivity contribution in [2.24, 2.45) is 0 Å². The SMILES string of the molecule is CCOC(=O)/C(C#N)=C\c1cn(-c2ccccc2)nc1-c1cc2ccccc2oc1=O. The van der Waals surface area contributed by atoms with E-state index < -0.39 is 11.6 Å². The number of para-hydroxylation sites is 2. The lowest BCUT2D eigenvalue weighted by molar-refractivity contribution is -0.137. The minimum atomic E-state index is -0.742. The lowest BCUT2D eigenvalue weighted by atomic mass is 10.1. The molecule has 2 heterocycles. The Hall–Kier alpha value is -4.44. The average Bonchev–Trinajstić information content (AvgIpc) is 3.21. The van der Waals surface area contributed by atoms with Crippen molar-refractivity contribution in [1.29, 1.82) is 5.26 Å². The first-order valence-electron chi connectivity index (χ1n) is 9.58. The molecule has 0 fully saturated rings. The fraction of sp³-hybridized carbons (Fsp3) is 0.0833. The van der Waals surface area contributed by atoms with E-state index in [9.17, 15) is 14.9 Å². The van der Waals surface area contributed by atoms with Gasteiger partial charge in [-0.25, -0.2) is 14.3 Å². The molecule has 0 unspecified atom stereocenters. The highest BCUT2D eigenvalue weighted by Crippen LogP contribution is 2.26. The zero-order chi connectivity index (χ0) is 21.8. The lowest BCUT2D eigenvalue weighted by Gasteiger charge is -2.02. The summed E-state index contributed by atoms with van der Waals surface area (Å²) in [6, 6.07) is 20.0. The van der Waals surface area contributed by atoms with Gasteiger partial charge in [0.05, 0.1) is 17.9 Å². The fourth-order valence-electron chi connectivity index (χ4n) is 3.14. The Bertz CT molecular complexity index is 1390. The zero-order valence-corrected chi connectivity index (χ0v) is 16.6. The van der Waals surface area contributed by atoms with Gasteiger partial charge in [-0.15, -0.1) is 0 Å². The molecule has 0 aliphatic heterocycles. The molecule has 0 N–H and O–H groups in total. The molecule has 0 saturated heterocycles. The number of hydrogen-bond donors (Lipinski definition) is 0. The lowest BCUT2D eigenvalue weighted by Crippen LogP contribution is -2.07. The predicted molar refractivity (Wildman–Crippen MR) is 115 cm³/mol. The highest BCUT2D eigenvalue weighted by atomic mass is 16.5. The van der Waals surface area contributed by atoms with Crippen LogP contribution < -0.4 is 5.63 Å². The topological polar surface area (TPSA) is 98.1 Å². The highest BCUT2D eigenvalue weighted by molar-refractivity contribution is 5.99. The van der Waals surface area contributed by atoms with Crippen molar-refractivity contribution in [3.8, 4) is 23.0 Å². The second-order valence-corrected chi connectivity index (χ2v) is 6.59. The van der Waals surface area contributed by atoms with E-state index >= 15 is 0 Å². The predicted octanol–water partition coefficient (Wildman–Crippen LogP) is 4.12. The molecule has 4 rings (SSSR count). The van der Waals surface area contributed by atoms with Crippen molar-refractivity contribution in [1.82, 2.24) is 9.78 Å². The molecule has 0 aliphatic carbocycles. The van der Waals surface area contributed by atoms with Crippen molar-refractivity contribution < 1.29 is 13.9 Å². The van der Waals surface area contributed by atoms with Crippen LogP contribution in [0.1, 0.15) is 12.5 Å². The fourth-order valence-corrected chi connectivity index (χ4v) is 3.14. The first-order chi connectivity index (χ1) is 15.1. The Morgan fingerprint density at radius 3 is 2.68 bits per heavy atom. The summed E-state index contributed by atoms with van der Waals surface area (Å²) in [6.45, 7) is 1.80. The summed E-state index contributed by atoms with van der Waals surface area (Å²) >= 11 is 0. The molecule has 4 aromatic rings. The molecule has 0 radical (unpaired) electrons. The standard InChI is InChI=1S/C24H17N3O4/c1-2-30-23(28)17(14-25)12-18-15-27(19-9-4-3-5-10-19)26-22(18)20-13-16-8-6-7-11-21(16)31-24(20)29/h3-13,15H,2H2,1H3/b17-12-. The smallest absolute Gasteiger partial charge is 0.348 e. The first kappa shape index (κ1) is 19.9. The molecule has 152 valence electrons. The summed E-state index contributed by atoms with van der Waals surface area (Å²) < 4.78 is 12.0. The van der Waals surface area contributed by atoms with Crippen LogP contribution >= 0.6 is 0 Å². The van der Waals surface area contributed by atoms with Crippen LogP contribution in [0.3, 0.4) is 0 Å². The molecule has 31 heavy (non-hydrogen) atoms. The molecule has 0 spiro atoms. The van der Waals surface area contributed by atoms with E-state index in [1.165, 1.54) is 6.08 Å². The van der Waals surface area contributed by atoms with Crippen LogP contribution in [-0.4, -0.2) is 22.4 Å². The number of hydrogen-bond acceptors (Lipinski definition) is 6. The van der Waals surface area contributed by atoms with Crippen molar-refractivity contribution in [2.75, 3.05) is 6.61 Å². The number of rotatable bonds is 5. The average molecular weight is 411 g/mol. The summed E-state index contributed by atoms with van der Waals surface area (Å²) in [6.07, 6.45) is 3.02. The van der Waals surface area contributed by atoms with Crippen LogP contribution in [-0.2, 0) is 9.53 Å². The Kier molecular flexibility index (Phi) is 5.45. The monoisotopic (exact) mass is 411 g/mol. The number of nitriles is 1. The maximum atomic E-state index is 12.7. The molecule has 2 aromatic carbocycles. The van der Waals surface area contributed by atoms with Gasteiger partial charge in [0.25, 0.3) is 0 Å². The van der Waals surface area contributed by atoms with Crippen molar-refractivity contribution in [3.05, 3.63) is 88.4 Å². The summed E-state index contributed by atoms with van der Waals surface area (Å²) in [5, 5.41) is 14.7. The Morgan fingerprint density at radius 2 is 1.94 bits per heavy atom. The van der Waals surface area contributed by atoms with Gasteiger partial charge < -0.3 is 9.15 Å². The van der Waals surface area contributed by atoms with Gasteiger partial charge in [0.15, 0.2) is 0 Å². The van der Waals surface area contributed by atoms with Gasteiger partial charge >= 0.3 is 11.6 Å². The van der Waals surface area contributed by atoms with E-state index in [1.807, 2.05) is 48.5 Å². The minimum Gasteiger partial charge on any atom is -0.462 e. The number of ether oxygens (including phenoxy) is 1. The summed E-state index contributed by atoms with van der Waals surface area (Å²) in [7, 11) is 0. The molecule has 0 atom stereocenters. The van der Waals surface area contributed by atoms with Gasteiger partial charge in [-0.3, -0.25) is 0 Å². The highest BCUT2D eigenvalue weighted by Gasteiger charge is 2.19. The van der Waals surface area contributed by atoms with Crippen LogP contribution in [0, 0.1) is 11.3 Å². The van der Waals surface area contributed by atoms with Gasteiger partial charge in [0.1, 0.15) is 22.9 Å². The van der Waals surface area contributed by atoms with Crippen LogP contribution in [0.4, 0.5) is 0 Å². The third-order valence-corrected chi connectivity index (χ3v) is 4.58. The van der Waals surface area contributed by atoms with E-state index in [0.29, 0.717) is 16.8 Å². The zero-order valence-electron chi connectivity index (χ0n) is 16.6. The molecular formula is C24H17N3O4. The second kappa shape index (κ2) is 8.51. The maximum Gasteiger partial charge on any atom is 0.348 e. The summed E-state index contributed by atoms with van der Waals surface area (Å²) in [4.78, 5) is 24.9. The molecule has 2 aromatic heterocycles. The molecule has 7 heteroatoms. The van der Waals surface area contributed by atoms with Crippen LogP contribution in [0.15, 0.2) is 81.6 Å². The summed E-state index contributed by atoms with van der Waals surface area (Å²) in [5.41, 5.74) is 1.38. The van der Waals surface area contributed by atoms with E-state index in [4.69, 9.17) is 9.15 Å². The Labute approximate surface area is 177 Å². The molecule has 0 saturated carbocycles. The Balaban J connectivity index is 1.94. The van der Waals surface area contributed by atoms with Gasteiger partial charge in [0, 0.05) is 17.1 Å². The third-order valence-electron chi connectivity index (χ3n) is 4.58. The normalized spacial score (nSPS) is 11.3. The molecule has 0 bridgehead atoms. The molecule has 0 aliphatic rings. The molecular weight excluding hydrogens is 394 g/mol. The number of fused-ring (bicyclic) bond motifs is 1. The van der Waals surface area contributed by atoms with Crippen molar-refractivity contribution in [2.45, 2.75) is 6.92 Å². The summed E-state index contributed by atoms with van der Waals surface area (Å²) in [5.74, 6) is -0.742. The van der Waals surface area contributed by atoms with E-state index in [1.54, 1.807) is 36.0 Å². The molecule has 0 amide bonds. The number of benzene rings is 2. The third kappa shape index (κ3) is 4.00. The van der Waals surface area contributed by atoms with E-state index in [-0.39, 0.29) is 17.7 Å². The number of carbonyl (C=O) groups excluding carboxylic acids is 1. The quantitative estimate of drug-likeness (QED) is 0.212. The van der Waals surface area contributed by atoms with Crippen LogP contribution in [0.25, 0.3) is 34.0 Å². The van der Waals surface area contributed by atoms with Gasteiger partial charge in [-0.1, -0.05) is 36.4 Å². The van der Waals surface area contributed by atoms with E-state index in [2.05, 4.69) is 5.10 Å². The van der Waals surface area contributed by atoms with Crippen molar-refractivity contribution in [3.63, 3.8) is 0 Å². The minimum absolute atomic E-state index is 0.141. The Morgan fingerprint density at radius 1 is 1.19 bits per heavy atom.